The fourth-order valence-corrected chi connectivity index (χ4v) is 3.35. The molecule has 0 atom stereocenters. The highest BCUT2D eigenvalue weighted by molar-refractivity contribution is 7.15. The van der Waals surface area contributed by atoms with Crippen molar-refractivity contribution in [2.45, 2.75) is 26.9 Å². The summed E-state index contributed by atoms with van der Waals surface area (Å²) < 4.78 is 12.0. The molecule has 3 rings (SSSR count). The Morgan fingerprint density at radius 3 is 2.67 bits per heavy atom. The summed E-state index contributed by atoms with van der Waals surface area (Å²) in [5.74, 6) is -0.0678. The third-order valence-corrected chi connectivity index (χ3v) is 4.81. The average Bonchev–Trinajstić information content (AvgIpc) is 3.05. The molecular formula is C19H18N2O5S. The van der Waals surface area contributed by atoms with E-state index < -0.39 is 5.97 Å². The van der Waals surface area contributed by atoms with Crippen LogP contribution in [-0.4, -0.2) is 27.7 Å². The molecule has 27 heavy (non-hydrogen) atoms. The van der Waals surface area contributed by atoms with Crippen molar-refractivity contribution in [3.8, 4) is 5.75 Å². The topological polar surface area (TPSA) is 87.0 Å². The second-order valence-corrected chi connectivity index (χ2v) is 6.67. The molecule has 0 saturated heterocycles. The number of benzene rings is 1. The van der Waals surface area contributed by atoms with Crippen LogP contribution in [0.2, 0.25) is 0 Å². The highest BCUT2D eigenvalue weighted by atomic mass is 32.1. The summed E-state index contributed by atoms with van der Waals surface area (Å²) in [6.45, 7) is 3.24. The lowest BCUT2D eigenvalue weighted by Gasteiger charge is -2.07. The highest BCUT2D eigenvalue weighted by Crippen LogP contribution is 2.14. The minimum absolute atomic E-state index is 0.0438. The second-order valence-electron chi connectivity index (χ2n) is 5.83. The number of nitrogens with zero attached hydrogens (tertiary/aromatic N) is 2. The lowest BCUT2D eigenvalue weighted by atomic mass is 10.1. The quantitative estimate of drug-likeness (QED) is 0.458. The van der Waals surface area contributed by atoms with Crippen molar-refractivity contribution in [3.63, 3.8) is 0 Å². The fourth-order valence-electron chi connectivity index (χ4n) is 2.45. The van der Waals surface area contributed by atoms with Crippen LogP contribution in [0.3, 0.4) is 0 Å². The second kappa shape index (κ2) is 8.13. The molecule has 0 amide bonds. The molecule has 0 spiro atoms. The van der Waals surface area contributed by atoms with Gasteiger partial charge in [-0.05, 0) is 31.2 Å². The number of hydrogen-bond donors (Lipinski definition) is 0. The first-order valence-electron chi connectivity index (χ1n) is 8.36. The molecule has 2 aromatic heterocycles. The number of esters is 1. The first kappa shape index (κ1) is 18.8. The number of aromatic nitrogens is 2. The molecule has 0 aliphatic carbocycles. The van der Waals surface area contributed by atoms with E-state index in [0.717, 1.165) is 5.69 Å². The molecule has 0 bridgehead atoms. The zero-order valence-electron chi connectivity index (χ0n) is 14.9. The van der Waals surface area contributed by atoms with Gasteiger partial charge in [-0.15, -0.1) is 11.3 Å². The van der Waals surface area contributed by atoms with Gasteiger partial charge in [0.05, 0.1) is 5.69 Å². The molecule has 0 radical (unpaired) electrons. The standard InChI is InChI=1S/C19H18N2O5S/c1-3-16(22)13-4-6-15(7-5-13)25-10-18(24)26-9-14-8-17(23)21-12(2)11-27-19(21)20-14/h4-8,11H,3,9-10H2,1-2H3. The van der Waals surface area contributed by atoms with E-state index in [-0.39, 0.29) is 24.6 Å². The van der Waals surface area contributed by atoms with Gasteiger partial charge in [-0.25, -0.2) is 9.78 Å². The highest BCUT2D eigenvalue weighted by Gasteiger charge is 2.10. The number of rotatable bonds is 7. The number of hydrogen-bond acceptors (Lipinski definition) is 7. The summed E-state index contributed by atoms with van der Waals surface area (Å²) in [4.78, 5) is 40.4. The van der Waals surface area contributed by atoms with Gasteiger partial charge in [-0.3, -0.25) is 14.0 Å². The number of carbonyl (C=O) groups excluding carboxylic acids is 2. The zero-order chi connectivity index (χ0) is 19.4. The number of fused-ring (bicyclic) bond motifs is 1. The molecular weight excluding hydrogens is 368 g/mol. The predicted octanol–water partition coefficient (Wildman–Crippen LogP) is 2.78. The number of ketones is 1. The number of carbonyl (C=O) groups is 2. The predicted molar refractivity (Wildman–Crippen MR) is 100 cm³/mol. The van der Waals surface area contributed by atoms with Crippen LogP contribution in [-0.2, 0) is 16.1 Å². The van der Waals surface area contributed by atoms with E-state index >= 15 is 0 Å². The molecule has 8 heteroatoms. The molecule has 140 valence electrons. The lowest BCUT2D eigenvalue weighted by molar-refractivity contribution is -0.147. The van der Waals surface area contributed by atoms with Crippen molar-refractivity contribution in [1.82, 2.24) is 9.38 Å². The first-order valence-corrected chi connectivity index (χ1v) is 9.24. The Balaban J connectivity index is 1.54. The van der Waals surface area contributed by atoms with Gasteiger partial charge in [0.1, 0.15) is 12.4 Å². The van der Waals surface area contributed by atoms with Crippen molar-refractivity contribution in [2.75, 3.05) is 6.61 Å². The van der Waals surface area contributed by atoms with E-state index in [2.05, 4.69) is 4.98 Å². The normalized spacial score (nSPS) is 10.7. The molecule has 3 aromatic rings. The SMILES string of the molecule is CCC(=O)c1ccc(OCC(=O)OCc2cc(=O)n3c(C)csc3n2)cc1. The van der Waals surface area contributed by atoms with Crippen LogP contribution in [0.25, 0.3) is 4.96 Å². The van der Waals surface area contributed by atoms with Crippen LogP contribution in [0.4, 0.5) is 0 Å². The average molecular weight is 386 g/mol. The van der Waals surface area contributed by atoms with Crippen LogP contribution in [0.5, 0.6) is 5.75 Å². The van der Waals surface area contributed by atoms with E-state index in [9.17, 15) is 14.4 Å². The molecule has 2 heterocycles. The third-order valence-electron chi connectivity index (χ3n) is 3.86. The van der Waals surface area contributed by atoms with Crippen LogP contribution in [0.15, 0.2) is 40.5 Å². The van der Waals surface area contributed by atoms with Gasteiger partial charge >= 0.3 is 5.97 Å². The molecule has 0 saturated carbocycles. The van der Waals surface area contributed by atoms with Gasteiger partial charge in [0, 0.05) is 29.1 Å². The van der Waals surface area contributed by atoms with Crippen LogP contribution in [0.1, 0.15) is 35.1 Å². The van der Waals surface area contributed by atoms with Crippen LogP contribution >= 0.6 is 11.3 Å². The summed E-state index contributed by atoms with van der Waals surface area (Å²) in [5.41, 5.74) is 1.60. The van der Waals surface area contributed by atoms with E-state index in [1.165, 1.54) is 21.8 Å². The molecule has 1 aromatic carbocycles. The van der Waals surface area contributed by atoms with E-state index in [4.69, 9.17) is 9.47 Å². The molecule has 0 fully saturated rings. The molecule has 7 nitrogen and oxygen atoms in total. The number of Topliss-reactive ketones (excluding diaryl/α,β-unsaturated/α-hetero) is 1. The van der Waals surface area contributed by atoms with Crippen LogP contribution in [0, 0.1) is 6.92 Å². The number of ether oxygens (including phenoxy) is 2. The van der Waals surface area contributed by atoms with Crippen LogP contribution < -0.4 is 10.3 Å². The molecule has 0 aliphatic heterocycles. The Labute approximate surface area is 159 Å². The minimum Gasteiger partial charge on any atom is -0.482 e. The van der Waals surface area contributed by atoms with Gasteiger partial charge in [-0.2, -0.15) is 0 Å². The van der Waals surface area contributed by atoms with Crippen molar-refractivity contribution in [1.29, 1.82) is 0 Å². The maximum absolute atomic E-state index is 12.1. The lowest BCUT2D eigenvalue weighted by Crippen LogP contribution is -2.18. The van der Waals surface area contributed by atoms with Gasteiger partial charge in [0.15, 0.2) is 17.4 Å². The Bertz CT molecular complexity index is 1040. The van der Waals surface area contributed by atoms with E-state index in [0.29, 0.717) is 28.4 Å². The minimum atomic E-state index is -0.576. The third kappa shape index (κ3) is 4.40. The number of aryl methyl sites for hydroxylation is 1. The first-order chi connectivity index (χ1) is 13.0. The summed E-state index contributed by atoms with van der Waals surface area (Å²) in [6, 6.07) is 7.92. The molecule has 0 unspecified atom stereocenters. The Hall–Kier alpha value is -3.00. The van der Waals surface area contributed by atoms with Gasteiger partial charge in [0.25, 0.3) is 5.56 Å². The van der Waals surface area contributed by atoms with E-state index in [1.54, 1.807) is 31.2 Å². The van der Waals surface area contributed by atoms with Crippen molar-refractivity contribution in [3.05, 3.63) is 63.0 Å². The van der Waals surface area contributed by atoms with E-state index in [1.807, 2.05) is 12.3 Å². The summed E-state index contributed by atoms with van der Waals surface area (Å²) >= 11 is 1.35. The Kier molecular flexibility index (Phi) is 5.66. The van der Waals surface area contributed by atoms with Gasteiger partial charge < -0.3 is 9.47 Å². The molecule has 0 aliphatic rings. The zero-order valence-corrected chi connectivity index (χ0v) is 15.7. The maximum Gasteiger partial charge on any atom is 0.344 e. The van der Waals surface area contributed by atoms with Crippen molar-refractivity contribution >= 4 is 28.1 Å². The van der Waals surface area contributed by atoms with Crippen molar-refractivity contribution < 1.29 is 19.1 Å². The largest absolute Gasteiger partial charge is 0.482 e. The monoisotopic (exact) mass is 386 g/mol. The van der Waals surface area contributed by atoms with Gasteiger partial charge in [-0.1, -0.05) is 6.92 Å². The Morgan fingerprint density at radius 1 is 1.22 bits per heavy atom. The fraction of sp³-hybridized carbons (Fsp3) is 0.263. The van der Waals surface area contributed by atoms with Crippen molar-refractivity contribution in [2.24, 2.45) is 0 Å². The Morgan fingerprint density at radius 2 is 1.96 bits per heavy atom. The number of thiazole rings is 1. The maximum atomic E-state index is 12.1. The summed E-state index contributed by atoms with van der Waals surface area (Å²) in [7, 11) is 0. The summed E-state index contributed by atoms with van der Waals surface area (Å²) in [6.07, 6.45) is 0.432. The van der Waals surface area contributed by atoms with Gasteiger partial charge in [0.2, 0.25) is 0 Å². The smallest absolute Gasteiger partial charge is 0.344 e. The molecule has 0 N–H and O–H groups in total. The summed E-state index contributed by atoms with van der Waals surface area (Å²) in [5, 5.41) is 1.84.